The summed E-state index contributed by atoms with van der Waals surface area (Å²) < 4.78 is 12.0. The molecule has 3 aromatic rings. The van der Waals surface area contributed by atoms with Crippen LogP contribution in [0, 0.1) is 13.8 Å². The van der Waals surface area contributed by atoms with Gasteiger partial charge in [0, 0.05) is 6.54 Å². The van der Waals surface area contributed by atoms with Crippen molar-refractivity contribution >= 4 is 0 Å². The molecule has 2 aromatic carbocycles. The molecule has 0 saturated heterocycles. The summed E-state index contributed by atoms with van der Waals surface area (Å²) in [6.07, 6.45) is 0.724. The highest BCUT2D eigenvalue weighted by Gasteiger charge is 2.30. The number of benzene rings is 2. The van der Waals surface area contributed by atoms with Gasteiger partial charge in [-0.25, -0.2) is 9.36 Å². The molecular weight excluding hydrogens is 398 g/mol. The van der Waals surface area contributed by atoms with E-state index in [1.165, 1.54) is 0 Å². The summed E-state index contributed by atoms with van der Waals surface area (Å²) in [5.74, 6) is 0.729. The number of rotatable bonds is 4. The van der Waals surface area contributed by atoms with Crippen LogP contribution in [0.1, 0.15) is 33.9 Å². The fourth-order valence-corrected chi connectivity index (χ4v) is 4.26. The number of nitrogens with zero attached hydrogens (tertiary/aromatic N) is 1. The number of aryl methyl sites for hydroxylation is 2. The van der Waals surface area contributed by atoms with E-state index in [1.807, 2.05) is 26.0 Å². The Labute approximate surface area is 179 Å². The van der Waals surface area contributed by atoms with Crippen LogP contribution < -0.4 is 26.0 Å². The number of H-pyrrole nitrogens is 1. The predicted molar refractivity (Wildman–Crippen MR) is 117 cm³/mol. The number of ether oxygens (including phenoxy) is 2. The molecule has 4 rings (SSSR count). The van der Waals surface area contributed by atoms with E-state index in [4.69, 9.17) is 9.47 Å². The van der Waals surface area contributed by atoms with E-state index in [2.05, 4.69) is 10.3 Å². The van der Waals surface area contributed by atoms with Crippen LogP contribution in [0.2, 0.25) is 0 Å². The fourth-order valence-electron chi connectivity index (χ4n) is 4.26. The van der Waals surface area contributed by atoms with E-state index in [0.717, 1.165) is 33.2 Å². The number of fused-ring (bicyclic) bond motifs is 1. The number of aromatic amines is 1. The highest BCUT2D eigenvalue weighted by atomic mass is 16.5. The Morgan fingerprint density at radius 2 is 1.65 bits per heavy atom. The number of nitrogens with one attached hydrogen (secondary N) is 2. The van der Waals surface area contributed by atoms with Gasteiger partial charge in [0.1, 0.15) is 0 Å². The maximum absolute atomic E-state index is 12.8. The summed E-state index contributed by atoms with van der Waals surface area (Å²) >= 11 is 0. The number of methoxy groups -OCH3 is 2. The van der Waals surface area contributed by atoms with Gasteiger partial charge >= 0.3 is 5.69 Å². The first-order valence-corrected chi connectivity index (χ1v) is 9.99. The molecule has 0 saturated carbocycles. The van der Waals surface area contributed by atoms with Crippen LogP contribution in [0.3, 0.4) is 0 Å². The van der Waals surface area contributed by atoms with E-state index in [-0.39, 0.29) is 11.4 Å². The van der Waals surface area contributed by atoms with E-state index in [0.29, 0.717) is 23.7 Å². The molecule has 0 spiro atoms. The molecule has 0 amide bonds. The Hall–Kier alpha value is -3.52. The molecule has 3 N–H and O–H groups in total. The molecule has 31 heavy (non-hydrogen) atoms. The monoisotopic (exact) mass is 423 g/mol. The minimum Gasteiger partial charge on any atom is -0.494 e. The summed E-state index contributed by atoms with van der Waals surface area (Å²) in [6.45, 7) is 4.41. The minimum absolute atomic E-state index is 0.0759. The number of hydrogen-bond donors (Lipinski definition) is 3. The smallest absolute Gasteiger partial charge is 0.335 e. The van der Waals surface area contributed by atoms with Gasteiger partial charge in [-0.05, 0) is 66.8 Å². The van der Waals surface area contributed by atoms with Crippen molar-refractivity contribution in [1.82, 2.24) is 14.9 Å². The second-order valence-electron chi connectivity index (χ2n) is 7.72. The van der Waals surface area contributed by atoms with Gasteiger partial charge < -0.3 is 19.9 Å². The van der Waals surface area contributed by atoms with Crippen molar-refractivity contribution < 1.29 is 14.6 Å². The van der Waals surface area contributed by atoms with Crippen LogP contribution >= 0.6 is 0 Å². The standard InChI is InChI=1S/C23H25N3O5/c1-12-7-13(2)9-15(8-12)26-22(28)19(21(27)25-23(26)29)20-16-11-18(31-4)17(30-3)10-14(16)5-6-24-20/h7-11,20,24,28H,5-6H2,1-4H3,(H,25,27,29). The van der Waals surface area contributed by atoms with E-state index in [9.17, 15) is 14.7 Å². The summed E-state index contributed by atoms with van der Waals surface area (Å²) in [4.78, 5) is 27.8. The van der Waals surface area contributed by atoms with Gasteiger partial charge in [0.05, 0.1) is 31.5 Å². The molecule has 0 bridgehead atoms. The van der Waals surface area contributed by atoms with Crippen LogP contribution in [0.15, 0.2) is 39.9 Å². The number of hydrogen-bond acceptors (Lipinski definition) is 6. The molecule has 1 aliphatic rings. The molecule has 1 atom stereocenters. The van der Waals surface area contributed by atoms with Crippen molar-refractivity contribution in [2.24, 2.45) is 0 Å². The third-order valence-corrected chi connectivity index (χ3v) is 5.57. The Morgan fingerprint density at radius 3 is 2.29 bits per heavy atom. The van der Waals surface area contributed by atoms with Crippen molar-refractivity contribution in [1.29, 1.82) is 0 Å². The van der Waals surface area contributed by atoms with Gasteiger partial charge in [-0.1, -0.05) is 6.07 Å². The van der Waals surface area contributed by atoms with Crippen molar-refractivity contribution in [3.63, 3.8) is 0 Å². The summed E-state index contributed by atoms with van der Waals surface area (Å²) in [5, 5.41) is 14.4. The largest absolute Gasteiger partial charge is 0.494 e. The SMILES string of the molecule is COc1cc2c(cc1OC)C(c1c(O)n(-c3cc(C)cc(C)c3)c(=O)[nH]c1=O)NCC2. The predicted octanol–water partition coefficient (Wildman–Crippen LogP) is 2.10. The average molecular weight is 423 g/mol. The molecule has 162 valence electrons. The molecule has 0 aliphatic carbocycles. The van der Waals surface area contributed by atoms with Crippen LogP contribution in [0.5, 0.6) is 17.4 Å². The normalized spacial score (nSPS) is 15.4. The molecule has 8 heteroatoms. The van der Waals surface area contributed by atoms with Crippen LogP contribution in [-0.4, -0.2) is 35.4 Å². The minimum atomic E-state index is -0.695. The maximum Gasteiger partial charge on any atom is 0.335 e. The molecule has 1 aromatic heterocycles. The molecule has 2 heterocycles. The van der Waals surface area contributed by atoms with Gasteiger partial charge in [0.2, 0.25) is 5.88 Å². The molecule has 1 unspecified atom stereocenters. The fraction of sp³-hybridized carbons (Fsp3) is 0.304. The van der Waals surface area contributed by atoms with Gasteiger partial charge in [-0.3, -0.25) is 9.78 Å². The third kappa shape index (κ3) is 3.59. The van der Waals surface area contributed by atoms with Crippen molar-refractivity contribution in [3.8, 4) is 23.1 Å². The van der Waals surface area contributed by atoms with E-state index in [1.54, 1.807) is 32.4 Å². The highest BCUT2D eigenvalue weighted by Crippen LogP contribution is 2.38. The highest BCUT2D eigenvalue weighted by molar-refractivity contribution is 5.53. The van der Waals surface area contributed by atoms with E-state index < -0.39 is 17.3 Å². The zero-order chi connectivity index (χ0) is 22.3. The van der Waals surface area contributed by atoms with Crippen molar-refractivity contribution in [2.45, 2.75) is 26.3 Å². The molecular formula is C23H25N3O5. The molecule has 0 fully saturated rings. The first-order chi connectivity index (χ1) is 14.8. The van der Waals surface area contributed by atoms with Crippen LogP contribution in [0.4, 0.5) is 0 Å². The Bertz CT molecular complexity index is 1260. The lowest BCUT2D eigenvalue weighted by Crippen LogP contribution is -2.38. The summed E-state index contributed by atoms with van der Waals surface area (Å²) in [7, 11) is 3.11. The lowest BCUT2D eigenvalue weighted by atomic mass is 9.90. The summed E-state index contributed by atoms with van der Waals surface area (Å²) in [5.41, 5.74) is 2.87. The lowest BCUT2D eigenvalue weighted by Gasteiger charge is -2.28. The van der Waals surface area contributed by atoms with Gasteiger partial charge in [0.15, 0.2) is 11.5 Å². The second kappa shape index (κ2) is 7.96. The van der Waals surface area contributed by atoms with Gasteiger partial charge in [-0.2, -0.15) is 0 Å². The Kier molecular flexibility index (Phi) is 5.32. The molecule has 0 radical (unpaired) electrons. The summed E-state index contributed by atoms with van der Waals surface area (Å²) in [6, 6.07) is 8.60. The zero-order valence-corrected chi connectivity index (χ0v) is 17.9. The Morgan fingerprint density at radius 1 is 1.00 bits per heavy atom. The Balaban J connectivity index is 1.95. The first-order valence-electron chi connectivity index (χ1n) is 9.99. The van der Waals surface area contributed by atoms with Crippen molar-refractivity contribution in [2.75, 3.05) is 20.8 Å². The van der Waals surface area contributed by atoms with Gasteiger partial charge in [0.25, 0.3) is 5.56 Å². The zero-order valence-electron chi connectivity index (χ0n) is 17.9. The quantitative estimate of drug-likeness (QED) is 0.594. The first kappa shape index (κ1) is 20.7. The maximum atomic E-state index is 12.8. The molecule has 8 nitrogen and oxygen atoms in total. The second-order valence-corrected chi connectivity index (χ2v) is 7.72. The number of aromatic hydroxyl groups is 1. The van der Waals surface area contributed by atoms with Crippen molar-refractivity contribution in [3.05, 3.63) is 79.0 Å². The third-order valence-electron chi connectivity index (χ3n) is 5.57. The van der Waals surface area contributed by atoms with E-state index >= 15 is 0 Å². The number of aromatic nitrogens is 2. The lowest BCUT2D eigenvalue weighted by molar-refractivity contribution is 0.352. The molecule has 1 aliphatic heterocycles. The average Bonchev–Trinajstić information content (AvgIpc) is 2.71. The van der Waals surface area contributed by atoms with Gasteiger partial charge in [-0.15, -0.1) is 0 Å². The van der Waals surface area contributed by atoms with Crippen LogP contribution in [-0.2, 0) is 6.42 Å². The van der Waals surface area contributed by atoms with Crippen LogP contribution in [0.25, 0.3) is 5.69 Å². The topological polar surface area (TPSA) is 106 Å².